The van der Waals surface area contributed by atoms with Crippen molar-refractivity contribution in [3.63, 3.8) is 0 Å². The number of likely N-dealkylation sites (N-methyl/N-ethyl adjacent to an activating group) is 1. The zero-order chi connectivity index (χ0) is 17.6. The van der Waals surface area contributed by atoms with E-state index < -0.39 is 18.2 Å². The lowest BCUT2D eigenvalue weighted by Gasteiger charge is -2.26. The first kappa shape index (κ1) is 18.2. The number of aliphatic hydroxyl groups is 1. The monoisotopic (exact) mass is 328 g/mol. The van der Waals surface area contributed by atoms with Crippen molar-refractivity contribution in [2.75, 3.05) is 27.7 Å². The van der Waals surface area contributed by atoms with Crippen molar-refractivity contribution in [1.29, 1.82) is 0 Å². The van der Waals surface area contributed by atoms with E-state index >= 15 is 0 Å². The van der Waals surface area contributed by atoms with Gasteiger partial charge in [-0.05, 0) is 11.1 Å². The van der Waals surface area contributed by atoms with E-state index in [4.69, 9.17) is 4.74 Å². The molecule has 4 heteroatoms. The Morgan fingerprint density at radius 2 is 1.42 bits per heavy atom. The molecular formula is C20H26NO3+. The topological polar surface area (TPSA) is 46.5 Å². The van der Waals surface area contributed by atoms with E-state index in [-0.39, 0.29) is 6.42 Å². The highest BCUT2D eigenvalue weighted by Crippen LogP contribution is 2.26. The second-order valence-corrected chi connectivity index (χ2v) is 7.02. The van der Waals surface area contributed by atoms with Crippen LogP contribution in [0, 0.1) is 0 Å². The van der Waals surface area contributed by atoms with E-state index in [9.17, 15) is 9.90 Å². The lowest BCUT2D eigenvalue weighted by Crippen LogP contribution is -2.42. The minimum atomic E-state index is -0.718. The summed E-state index contributed by atoms with van der Waals surface area (Å²) in [6, 6.07) is 19.3. The Balaban J connectivity index is 2.10. The van der Waals surface area contributed by atoms with Gasteiger partial charge < -0.3 is 14.3 Å². The number of rotatable bonds is 7. The summed E-state index contributed by atoms with van der Waals surface area (Å²) in [4.78, 5) is 12.3. The molecule has 0 aliphatic rings. The SMILES string of the molecule is C[N+](C)(C)C[C@@H](O)CC(=O)OC(c1ccccc1)c1ccccc1. The summed E-state index contributed by atoms with van der Waals surface area (Å²) in [7, 11) is 5.93. The predicted octanol–water partition coefficient (Wildman–Crippen LogP) is 2.78. The lowest BCUT2D eigenvalue weighted by atomic mass is 10.0. The molecule has 128 valence electrons. The zero-order valence-corrected chi connectivity index (χ0v) is 14.6. The Kier molecular flexibility index (Phi) is 6.12. The number of nitrogens with zero attached hydrogens (tertiary/aromatic N) is 1. The van der Waals surface area contributed by atoms with Crippen LogP contribution in [0.25, 0.3) is 0 Å². The van der Waals surface area contributed by atoms with Crippen molar-refractivity contribution >= 4 is 5.97 Å². The van der Waals surface area contributed by atoms with Gasteiger partial charge in [0, 0.05) is 0 Å². The first-order chi connectivity index (χ1) is 11.3. The predicted molar refractivity (Wildman–Crippen MR) is 94.3 cm³/mol. The van der Waals surface area contributed by atoms with Gasteiger partial charge in [0.05, 0.1) is 27.6 Å². The van der Waals surface area contributed by atoms with Gasteiger partial charge >= 0.3 is 5.97 Å². The molecule has 2 rings (SSSR count). The fraction of sp³-hybridized carbons (Fsp3) is 0.350. The summed E-state index contributed by atoms with van der Waals surface area (Å²) >= 11 is 0. The van der Waals surface area contributed by atoms with Crippen LogP contribution in [0.3, 0.4) is 0 Å². The third kappa shape index (κ3) is 5.80. The van der Waals surface area contributed by atoms with E-state index in [2.05, 4.69) is 0 Å². The first-order valence-electron chi connectivity index (χ1n) is 8.13. The van der Waals surface area contributed by atoms with Gasteiger partial charge in [-0.15, -0.1) is 0 Å². The van der Waals surface area contributed by atoms with Crippen LogP contribution in [0.5, 0.6) is 0 Å². The van der Waals surface area contributed by atoms with E-state index in [0.717, 1.165) is 11.1 Å². The Hall–Kier alpha value is -2.17. The number of quaternary nitrogens is 1. The smallest absolute Gasteiger partial charge is 0.309 e. The number of carbonyl (C=O) groups excluding carboxylic acids is 1. The molecule has 0 saturated heterocycles. The molecule has 0 heterocycles. The van der Waals surface area contributed by atoms with E-state index in [1.54, 1.807) is 0 Å². The molecule has 0 fully saturated rings. The lowest BCUT2D eigenvalue weighted by molar-refractivity contribution is -0.873. The highest BCUT2D eigenvalue weighted by molar-refractivity contribution is 5.70. The highest BCUT2D eigenvalue weighted by atomic mass is 16.5. The normalized spacial score (nSPS) is 12.9. The van der Waals surface area contributed by atoms with Gasteiger partial charge in [0.2, 0.25) is 0 Å². The Labute approximate surface area is 143 Å². The van der Waals surface area contributed by atoms with Crippen molar-refractivity contribution < 1.29 is 19.1 Å². The molecule has 0 saturated carbocycles. The third-order valence-electron chi connectivity index (χ3n) is 3.61. The van der Waals surface area contributed by atoms with Crippen LogP contribution in [-0.4, -0.2) is 49.4 Å². The largest absolute Gasteiger partial charge is 0.452 e. The summed E-state index contributed by atoms with van der Waals surface area (Å²) in [6.07, 6.45) is -1.19. The maximum Gasteiger partial charge on any atom is 0.309 e. The number of hydrogen-bond acceptors (Lipinski definition) is 3. The first-order valence-corrected chi connectivity index (χ1v) is 8.13. The van der Waals surface area contributed by atoms with E-state index in [1.165, 1.54) is 0 Å². The van der Waals surface area contributed by atoms with Crippen LogP contribution >= 0.6 is 0 Å². The molecular weight excluding hydrogens is 302 g/mol. The Morgan fingerprint density at radius 3 is 1.83 bits per heavy atom. The third-order valence-corrected chi connectivity index (χ3v) is 3.61. The summed E-state index contributed by atoms with van der Waals surface area (Å²) < 4.78 is 6.29. The van der Waals surface area contributed by atoms with Gasteiger partial charge in [0.25, 0.3) is 0 Å². The molecule has 0 aliphatic heterocycles. The summed E-state index contributed by atoms with van der Waals surface area (Å²) in [5.74, 6) is -0.395. The van der Waals surface area contributed by atoms with Gasteiger partial charge in [-0.1, -0.05) is 60.7 Å². The number of ether oxygens (including phenoxy) is 1. The van der Waals surface area contributed by atoms with E-state index in [1.807, 2.05) is 81.8 Å². The summed E-state index contributed by atoms with van der Waals surface area (Å²) in [5, 5.41) is 10.1. The fourth-order valence-corrected chi connectivity index (χ4v) is 2.65. The molecule has 0 amide bonds. The van der Waals surface area contributed by atoms with Crippen molar-refractivity contribution in [2.24, 2.45) is 0 Å². The summed E-state index contributed by atoms with van der Waals surface area (Å²) in [6.45, 7) is 0.496. The second kappa shape index (κ2) is 8.08. The minimum absolute atomic E-state index is 0.00825. The maximum atomic E-state index is 12.3. The zero-order valence-electron chi connectivity index (χ0n) is 14.6. The second-order valence-electron chi connectivity index (χ2n) is 7.02. The number of esters is 1. The molecule has 0 radical (unpaired) electrons. The molecule has 0 aromatic heterocycles. The average Bonchev–Trinajstić information content (AvgIpc) is 2.52. The molecule has 2 aromatic carbocycles. The van der Waals surface area contributed by atoms with Gasteiger partial charge in [0.1, 0.15) is 12.6 Å². The van der Waals surface area contributed by atoms with Gasteiger partial charge in [-0.3, -0.25) is 4.79 Å². The van der Waals surface area contributed by atoms with Gasteiger partial charge in [-0.2, -0.15) is 0 Å². The van der Waals surface area contributed by atoms with Crippen LogP contribution in [0.4, 0.5) is 0 Å². The van der Waals surface area contributed by atoms with Crippen molar-refractivity contribution in [2.45, 2.75) is 18.6 Å². The Bertz CT molecular complexity index is 595. The number of benzene rings is 2. The molecule has 0 spiro atoms. The quantitative estimate of drug-likeness (QED) is 0.628. The van der Waals surface area contributed by atoms with Gasteiger partial charge in [-0.25, -0.2) is 0 Å². The average molecular weight is 328 g/mol. The molecule has 0 unspecified atom stereocenters. The fourth-order valence-electron chi connectivity index (χ4n) is 2.65. The Morgan fingerprint density at radius 1 is 0.958 bits per heavy atom. The highest BCUT2D eigenvalue weighted by Gasteiger charge is 2.23. The molecule has 4 nitrogen and oxygen atoms in total. The molecule has 1 N–H and O–H groups in total. The molecule has 24 heavy (non-hydrogen) atoms. The molecule has 2 aromatic rings. The van der Waals surface area contributed by atoms with Crippen LogP contribution in [-0.2, 0) is 9.53 Å². The maximum absolute atomic E-state index is 12.3. The summed E-state index contributed by atoms with van der Waals surface area (Å²) in [5.41, 5.74) is 1.83. The van der Waals surface area contributed by atoms with Gasteiger partial charge in [0.15, 0.2) is 6.10 Å². The standard InChI is InChI=1S/C20H26NO3/c1-21(2,3)15-18(22)14-19(23)24-20(16-10-6-4-7-11-16)17-12-8-5-9-13-17/h4-13,18,20,22H,14-15H2,1-3H3/q+1/t18-/m0/s1. The minimum Gasteiger partial charge on any atom is -0.452 e. The molecule has 1 atom stereocenters. The van der Waals surface area contributed by atoms with Crippen molar-refractivity contribution in [1.82, 2.24) is 0 Å². The number of hydrogen-bond donors (Lipinski definition) is 1. The van der Waals surface area contributed by atoms with Crippen LogP contribution in [0.15, 0.2) is 60.7 Å². The van der Waals surface area contributed by atoms with Crippen molar-refractivity contribution in [3.05, 3.63) is 71.8 Å². The van der Waals surface area contributed by atoms with E-state index in [0.29, 0.717) is 11.0 Å². The van der Waals surface area contributed by atoms with Crippen molar-refractivity contribution in [3.8, 4) is 0 Å². The molecule has 0 bridgehead atoms. The molecule has 0 aliphatic carbocycles. The number of carbonyl (C=O) groups is 1. The van der Waals surface area contributed by atoms with Crippen LogP contribution in [0.2, 0.25) is 0 Å². The van der Waals surface area contributed by atoms with Crippen LogP contribution < -0.4 is 0 Å². The van der Waals surface area contributed by atoms with Crippen LogP contribution in [0.1, 0.15) is 23.7 Å². The number of aliphatic hydroxyl groups excluding tert-OH is 1.